The van der Waals surface area contributed by atoms with E-state index < -0.39 is 9.84 Å². The Morgan fingerprint density at radius 3 is 2.68 bits per heavy atom. The van der Waals surface area contributed by atoms with Crippen molar-refractivity contribution in [3.63, 3.8) is 0 Å². The average molecular weight is 436 g/mol. The molecule has 0 unspecified atom stereocenters. The monoisotopic (exact) mass is 436 g/mol. The number of hydrogen-bond donors (Lipinski definition) is 1. The number of fused-ring (bicyclic) bond motifs is 1. The summed E-state index contributed by atoms with van der Waals surface area (Å²) in [5.41, 5.74) is 2.10. The molecule has 4 heterocycles. The van der Waals surface area contributed by atoms with Gasteiger partial charge in [0.25, 0.3) is 5.16 Å². The number of morpholine rings is 1. The maximum atomic E-state index is 13.2. The first-order valence-electron chi connectivity index (χ1n) is 9.88. The van der Waals surface area contributed by atoms with Crippen LogP contribution in [0.5, 0.6) is 0 Å². The summed E-state index contributed by atoms with van der Waals surface area (Å²) in [5.74, 6) is 0.371. The average Bonchev–Trinajstić information content (AvgIpc) is 3.29. The fourth-order valence-corrected chi connectivity index (χ4v) is 4.67. The number of aromatic nitrogens is 5. The molecule has 0 atom stereocenters. The van der Waals surface area contributed by atoms with E-state index in [4.69, 9.17) is 4.74 Å². The Morgan fingerprint density at radius 1 is 1.00 bits per heavy atom. The first-order valence-corrected chi connectivity index (χ1v) is 11.5. The number of nitrogens with one attached hydrogen (secondary N) is 1. The topological polar surface area (TPSA) is 114 Å². The van der Waals surface area contributed by atoms with Gasteiger partial charge >= 0.3 is 0 Å². The minimum atomic E-state index is -3.84. The molecule has 9 nitrogen and oxygen atoms in total. The van der Waals surface area contributed by atoms with Crippen LogP contribution in [0.15, 0.2) is 60.0 Å². The lowest BCUT2D eigenvalue weighted by Gasteiger charge is -2.27. The Hall–Kier alpha value is -3.37. The van der Waals surface area contributed by atoms with Gasteiger partial charge in [0.1, 0.15) is 5.75 Å². The molecule has 1 saturated heterocycles. The van der Waals surface area contributed by atoms with Crippen LogP contribution >= 0.6 is 0 Å². The lowest BCUT2D eigenvalue weighted by molar-refractivity contribution is 0.122. The van der Waals surface area contributed by atoms with E-state index in [2.05, 4.69) is 24.9 Å². The van der Waals surface area contributed by atoms with Gasteiger partial charge in [0, 0.05) is 41.9 Å². The van der Waals surface area contributed by atoms with E-state index >= 15 is 0 Å². The van der Waals surface area contributed by atoms with E-state index in [1.165, 1.54) is 0 Å². The van der Waals surface area contributed by atoms with Gasteiger partial charge in [-0.3, -0.25) is 4.98 Å². The van der Waals surface area contributed by atoms with Gasteiger partial charge in [-0.1, -0.05) is 18.2 Å². The zero-order valence-electron chi connectivity index (χ0n) is 16.6. The molecule has 0 aliphatic carbocycles. The van der Waals surface area contributed by atoms with E-state index in [0.29, 0.717) is 43.8 Å². The highest BCUT2D eigenvalue weighted by molar-refractivity contribution is 7.90. The molecule has 0 saturated carbocycles. The molecule has 0 bridgehead atoms. The minimum absolute atomic E-state index is 0.253. The number of H-pyrrole nitrogens is 1. The Bertz CT molecular complexity index is 1320. The molecular formula is C21H20N6O3S. The summed E-state index contributed by atoms with van der Waals surface area (Å²) in [5, 5.41) is 0.659. The zero-order chi connectivity index (χ0) is 21.3. The van der Waals surface area contributed by atoms with Crippen molar-refractivity contribution in [3.8, 4) is 11.4 Å². The summed E-state index contributed by atoms with van der Waals surface area (Å²) in [7, 11) is -3.84. The van der Waals surface area contributed by atoms with Gasteiger partial charge < -0.3 is 14.6 Å². The fourth-order valence-electron chi connectivity index (χ4n) is 3.53. The zero-order valence-corrected chi connectivity index (χ0v) is 17.4. The van der Waals surface area contributed by atoms with E-state index in [0.717, 1.165) is 16.5 Å². The van der Waals surface area contributed by atoms with Crippen LogP contribution in [-0.2, 0) is 20.3 Å². The van der Waals surface area contributed by atoms with E-state index in [1.54, 1.807) is 24.4 Å². The molecule has 3 aromatic heterocycles. The summed E-state index contributed by atoms with van der Waals surface area (Å²) in [6.07, 6.45) is 3.40. The number of ether oxygens (including phenoxy) is 1. The number of rotatable bonds is 5. The maximum absolute atomic E-state index is 13.2. The van der Waals surface area contributed by atoms with Crippen molar-refractivity contribution in [2.75, 3.05) is 31.2 Å². The maximum Gasteiger partial charge on any atom is 0.252 e. The van der Waals surface area contributed by atoms with Crippen LogP contribution in [0.25, 0.3) is 22.3 Å². The predicted molar refractivity (Wildman–Crippen MR) is 115 cm³/mol. The lowest BCUT2D eigenvalue weighted by atomic mass is 10.1. The smallest absolute Gasteiger partial charge is 0.252 e. The molecule has 0 spiro atoms. The second kappa shape index (κ2) is 8.05. The van der Waals surface area contributed by atoms with Crippen LogP contribution in [0.1, 0.15) is 5.69 Å². The summed E-state index contributed by atoms with van der Waals surface area (Å²) < 4.78 is 31.8. The third-order valence-corrected chi connectivity index (χ3v) is 6.49. The SMILES string of the molecule is O=S(=O)(Cc1ccccn1)c1nc(-c2cccc3[nH]ccc23)nc(N2CCOCC2)n1. The van der Waals surface area contributed by atoms with Crippen molar-refractivity contribution in [1.82, 2.24) is 24.9 Å². The van der Waals surface area contributed by atoms with Gasteiger partial charge in [0.15, 0.2) is 5.82 Å². The van der Waals surface area contributed by atoms with Crippen LogP contribution in [0.2, 0.25) is 0 Å². The molecule has 0 radical (unpaired) electrons. The first kappa shape index (κ1) is 19.6. The van der Waals surface area contributed by atoms with Crippen molar-refractivity contribution in [2.24, 2.45) is 0 Å². The largest absolute Gasteiger partial charge is 0.378 e. The van der Waals surface area contributed by atoms with Crippen LogP contribution in [0.3, 0.4) is 0 Å². The first-order chi connectivity index (χ1) is 15.1. The molecule has 1 aromatic carbocycles. The van der Waals surface area contributed by atoms with E-state index in [1.807, 2.05) is 35.4 Å². The molecule has 31 heavy (non-hydrogen) atoms. The van der Waals surface area contributed by atoms with Gasteiger partial charge in [-0.2, -0.15) is 15.0 Å². The van der Waals surface area contributed by atoms with Gasteiger partial charge in [-0.25, -0.2) is 8.42 Å². The molecule has 10 heteroatoms. The van der Waals surface area contributed by atoms with Gasteiger partial charge in [0.2, 0.25) is 15.8 Å². The van der Waals surface area contributed by atoms with Crippen LogP contribution < -0.4 is 4.90 Å². The quantitative estimate of drug-likeness (QED) is 0.507. The lowest BCUT2D eigenvalue weighted by Crippen LogP contribution is -2.37. The highest BCUT2D eigenvalue weighted by Gasteiger charge is 2.25. The molecule has 158 valence electrons. The number of anilines is 1. The second-order valence-corrected chi connectivity index (χ2v) is 9.05. The minimum Gasteiger partial charge on any atom is -0.378 e. The second-order valence-electron chi connectivity index (χ2n) is 7.17. The normalized spacial score (nSPS) is 14.8. The molecule has 5 rings (SSSR count). The number of sulfone groups is 1. The van der Waals surface area contributed by atoms with Crippen molar-refractivity contribution < 1.29 is 13.2 Å². The van der Waals surface area contributed by atoms with E-state index in [9.17, 15) is 8.42 Å². The van der Waals surface area contributed by atoms with Crippen molar-refractivity contribution in [2.45, 2.75) is 10.9 Å². The highest BCUT2D eigenvalue weighted by Crippen LogP contribution is 2.28. The predicted octanol–water partition coefficient (Wildman–Crippen LogP) is 2.23. The molecule has 1 fully saturated rings. The van der Waals surface area contributed by atoms with Gasteiger partial charge in [-0.15, -0.1) is 0 Å². The summed E-state index contributed by atoms with van der Waals surface area (Å²) in [6, 6.07) is 12.8. The molecule has 0 amide bonds. The summed E-state index contributed by atoms with van der Waals surface area (Å²) in [4.78, 5) is 22.6. The number of pyridine rings is 1. The fraction of sp³-hybridized carbons (Fsp3) is 0.238. The van der Waals surface area contributed by atoms with Crippen molar-refractivity contribution in [1.29, 1.82) is 0 Å². The number of benzene rings is 1. The summed E-state index contributed by atoms with van der Waals surface area (Å²) in [6.45, 7) is 2.23. The molecule has 4 aromatic rings. The molecule has 1 aliphatic rings. The Labute approximate surface area is 179 Å². The van der Waals surface area contributed by atoms with Crippen LogP contribution in [0, 0.1) is 0 Å². The van der Waals surface area contributed by atoms with Gasteiger partial charge in [-0.05, 0) is 24.3 Å². The molecule has 1 N–H and O–H groups in total. The summed E-state index contributed by atoms with van der Waals surface area (Å²) >= 11 is 0. The highest BCUT2D eigenvalue weighted by atomic mass is 32.2. The number of hydrogen-bond acceptors (Lipinski definition) is 8. The van der Waals surface area contributed by atoms with Gasteiger partial charge in [0.05, 0.1) is 18.9 Å². The van der Waals surface area contributed by atoms with Crippen LogP contribution in [0.4, 0.5) is 5.95 Å². The third kappa shape index (κ3) is 3.99. The van der Waals surface area contributed by atoms with Crippen molar-refractivity contribution in [3.05, 3.63) is 60.6 Å². The Kier molecular flexibility index (Phi) is 5.08. The Balaban J connectivity index is 1.64. The van der Waals surface area contributed by atoms with Crippen molar-refractivity contribution >= 4 is 26.7 Å². The number of aromatic amines is 1. The van der Waals surface area contributed by atoms with E-state index in [-0.39, 0.29) is 10.9 Å². The Morgan fingerprint density at radius 2 is 1.87 bits per heavy atom. The standard InChI is InChI=1S/C21H20N6O3S/c28-31(29,14-15-4-1-2-8-22-15)21-25-19(17-5-3-6-18-16(17)7-9-23-18)24-20(26-21)27-10-12-30-13-11-27/h1-9,23H,10-14H2. The third-order valence-electron chi connectivity index (χ3n) is 5.08. The molecule has 1 aliphatic heterocycles. The molecular weight excluding hydrogens is 416 g/mol. The van der Waals surface area contributed by atoms with Crippen LogP contribution in [-0.4, -0.2) is 59.6 Å². The number of nitrogens with zero attached hydrogens (tertiary/aromatic N) is 5.